The minimum absolute atomic E-state index is 0.103. The van der Waals surface area contributed by atoms with Crippen molar-refractivity contribution in [3.63, 3.8) is 0 Å². The van der Waals surface area contributed by atoms with E-state index in [0.29, 0.717) is 0 Å². The van der Waals surface area contributed by atoms with Gasteiger partial charge in [-0.05, 0) is 26.7 Å². The largest absolute Gasteiger partial charge is 0.393 e. The van der Waals surface area contributed by atoms with E-state index in [4.69, 9.17) is 14.4 Å². The van der Waals surface area contributed by atoms with Gasteiger partial charge in [-0.15, -0.1) is 0 Å². The SMILES string of the molecule is CC(C)OP(=O)(O)COC1(CO)CC1. The van der Waals surface area contributed by atoms with E-state index < -0.39 is 13.2 Å². The lowest BCUT2D eigenvalue weighted by atomic mass is 10.4. The van der Waals surface area contributed by atoms with Gasteiger partial charge in [-0.25, -0.2) is 0 Å². The molecule has 0 aromatic rings. The Bertz CT molecular complexity index is 236. The van der Waals surface area contributed by atoms with Crippen molar-refractivity contribution in [3.8, 4) is 0 Å². The monoisotopic (exact) mass is 224 g/mol. The van der Waals surface area contributed by atoms with E-state index in [-0.39, 0.29) is 19.1 Å². The van der Waals surface area contributed by atoms with Gasteiger partial charge >= 0.3 is 7.60 Å². The van der Waals surface area contributed by atoms with Gasteiger partial charge in [-0.3, -0.25) is 4.57 Å². The molecular weight excluding hydrogens is 207 g/mol. The van der Waals surface area contributed by atoms with E-state index in [1.54, 1.807) is 13.8 Å². The van der Waals surface area contributed by atoms with Crippen LogP contribution in [0.2, 0.25) is 0 Å². The quantitative estimate of drug-likeness (QED) is 0.660. The summed E-state index contributed by atoms with van der Waals surface area (Å²) in [5.41, 5.74) is -0.571. The molecule has 1 unspecified atom stereocenters. The Balaban J connectivity index is 2.33. The van der Waals surface area contributed by atoms with Gasteiger partial charge in [0.15, 0.2) is 0 Å². The molecule has 0 radical (unpaired) electrons. The maximum Gasteiger partial charge on any atom is 0.353 e. The van der Waals surface area contributed by atoms with E-state index in [9.17, 15) is 9.46 Å². The van der Waals surface area contributed by atoms with Crippen LogP contribution in [0.25, 0.3) is 0 Å². The first-order valence-electron chi connectivity index (χ1n) is 4.64. The number of hydrogen-bond acceptors (Lipinski definition) is 4. The molecule has 2 N–H and O–H groups in total. The van der Waals surface area contributed by atoms with Gasteiger partial charge in [-0.1, -0.05) is 0 Å². The lowest BCUT2D eigenvalue weighted by Gasteiger charge is -2.18. The smallest absolute Gasteiger partial charge is 0.353 e. The zero-order valence-electron chi connectivity index (χ0n) is 8.47. The molecule has 14 heavy (non-hydrogen) atoms. The van der Waals surface area contributed by atoms with E-state index in [1.807, 2.05) is 0 Å². The van der Waals surface area contributed by atoms with Crippen LogP contribution in [0.15, 0.2) is 0 Å². The molecule has 1 saturated carbocycles. The summed E-state index contributed by atoms with van der Waals surface area (Å²) in [4.78, 5) is 9.30. The topological polar surface area (TPSA) is 76.0 Å². The van der Waals surface area contributed by atoms with E-state index in [2.05, 4.69) is 0 Å². The fourth-order valence-electron chi connectivity index (χ4n) is 1.07. The average Bonchev–Trinajstić information content (AvgIpc) is 2.79. The predicted molar refractivity (Wildman–Crippen MR) is 51.0 cm³/mol. The highest BCUT2D eigenvalue weighted by Gasteiger charge is 2.45. The predicted octanol–water partition coefficient (Wildman–Crippen LogP) is 1.10. The number of rotatable bonds is 6. The number of hydrogen-bond donors (Lipinski definition) is 2. The first kappa shape index (κ1) is 12.1. The number of aliphatic hydroxyl groups is 1. The summed E-state index contributed by atoms with van der Waals surface area (Å²) in [5, 5.41) is 8.90. The van der Waals surface area contributed by atoms with E-state index in [1.165, 1.54) is 0 Å². The summed E-state index contributed by atoms with van der Waals surface area (Å²) in [6.07, 6.45) is 0.834. The fraction of sp³-hybridized carbons (Fsp3) is 1.00. The Morgan fingerprint density at radius 3 is 2.43 bits per heavy atom. The van der Waals surface area contributed by atoms with Crippen LogP contribution in [0.3, 0.4) is 0 Å². The van der Waals surface area contributed by atoms with Crippen molar-refractivity contribution in [2.45, 2.75) is 38.4 Å². The molecule has 0 aromatic heterocycles. The minimum atomic E-state index is -3.65. The van der Waals surface area contributed by atoms with Crippen LogP contribution < -0.4 is 0 Å². The highest BCUT2D eigenvalue weighted by atomic mass is 31.2. The molecule has 84 valence electrons. The third kappa shape index (κ3) is 3.67. The summed E-state index contributed by atoms with van der Waals surface area (Å²) < 4.78 is 21.3. The molecule has 0 spiro atoms. The molecule has 0 saturated heterocycles. The average molecular weight is 224 g/mol. The van der Waals surface area contributed by atoms with Crippen molar-refractivity contribution >= 4 is 7.60 Å². The maximum absolute atomic E-state index is 11.3. The Hall–Kier alpha value is 0.0700. The molecule has 1 rings (SSSR count). The van der Waals surface area contributed by atoms with Crippen molar-refractivity contribution in [3.05, 3.63) is 0 Å². The maximum atomic E-state index is 11.3. The van der Waals surface area contributed by atoms with Gasteiger partial charge in [0, 0.05) is 0 Å². The zero-order valence-corrected chi connectivity index (χ0v) is 9.37. The molecule has 0 heterocycles. The third-order valence-electron chi connectivity index (χ3n) is 2.01. The normalized spacial score (nSPS) is 23.5. The highest BCUT2D eigenvalue weighted by molar-refractivity contribution is 7.52. The molecule has 5 nitrogen and oxygen atoms in total. The number of ether oxygens (including phenoxy) is 1. The van der Waals surface area contributed by atoms with Gasteiger partial charge in [0.1, 0.15) is 6.35 Å². The Labute approximate surface area is 83.6 Å². The Kier molecular flexibility index (Phi) is 3.72. The van der Waals surface area contributed by atoms with Crippen LogP contribution in [0.1, 0.15) is 26.7 Å². The summed E-state index contributed by atoms with van der Waals surface area (Å²) in [6.45, 7) is 3.26. The van der Waals surface area contributed by atoms with Crippen molar-refractivity contribution in [2.24, 2.45) is 0 Å². The van der Waals surface area contributed by atoms with Crippen LogP contribution in [0, 0.1) is 0 Å². The highest BCUT2D eigenvalue weighted by Crippen LogP contribution is 2.48. The van der Waals surface area contributed by atoms with E-state index in [0.717, 1.165) is 12.8 Å². The van der Waals surface area contributed by atoms with Crippen molar-refractivity contribution in [1.29, 1.82) is 0 Å². The number of aliphatic hydroxyl groups excluding tert-OH is 1. The van der Waals surface area contributed by atoms with Crippen LogP contribution in [-0.4, -0.2) is 34.7 Å². The second-order valence-corrected chi connectivity index (χ2v) is 5.65. The Morgan fingerprint density at radius 1 is 1.50 bits per heavy atom. The van der Waals surface area contributed by atoms with Gasteiger partial charge in [0.25, 0.3) is 0 Å². The molecule has 0 amide bonds. The zero-order chi connectivity index (χ0) is 10.8. The summed E-state index contributed by atoms with van der Waals surface area (Å²) >= 11 is 0. The lowest BCUT2D eigenvalue weighted by molar-refractivity contribution is 0.00661. The van der Waals surface area contributed by atoms with Crippen molar-refractivity contribution in [1.82, 2.24) is 0 Å². The molecule has 0 aromatic carbocycles. The summed E-state index contributed by atoms with van der Waals surface area (Å²) in [5.74, 6) is 0. The molecule has 0 bridgehead atoms. The van der Waals surface area contributed by atoms with Crippen LogP contribution >= 0.6 is 7.60 Å². The standard InChI is InChI=1S/C8H17O5P/c1-7(2)13-14(10,11)6-12-8(5-9)3-4-8/h7,9H,3-6H2,1-2H3,(H,10,11). The minimum Gasteiger partial charge on any atom is -0.393 e. The summed E-state index contributed by atoms with van der Waals surface area (Å²) in [6, 6.07) is 0. The van der Waals surface area contributed by atoms with Crippen LogP contribution in [-0.2, 0) is 13.8 Å². The molecular formula is C8H17O5P. The third-order valence-corrected chi connectivity index (χ3v) is 3.21. The first-order chi connectivity index (χ1) is 6.39. The van der Waals surface area contributed by atoms with Crippen molar-refractivity contribution in [2.75, 3.05) is 13.0 Å². The molecule has 1 atom stereocenters. The van der Waals surface area contributed by atoms with Crippen LogP contribution in [0.5, 0.6) is 0 Å². The first-order valence-corrected chi connectivity index (χ1v) is 6.40. The summed E-state index contributed by atoms with van der Waals surface area (Å²) in [7, 11) is -3.65. The molecule has 1 aliphatic carbocycles. The van der Waals surface area contributed by atoms with E-state index >= 15 is 0 Å². The Morgan fingerprint density at radius 2 is 2.07 bits per heavy atom. The van der Waals surface area contributed by atoms with Gasteiger partial charge in [0.2, 0.25) is 0 Å². The van der Waals surface area contributed by atoms with Gasteiger partial charge in [0.05, 0.1) is 18.3 Å². The van der Waals surface area contributed by atoms with Gasteiger partial charge in [-0.2, -0.15) is 0 Å². The van der Waals surface area contributed by atoms with Crippen LogP contribution in [0.4, 0.5) is 0 Å². The van der Waals surface area contributed by atoms with Gasteiger partial charge < -0.3 is 19.3 Å². The molecule has 6 heteroatoms. The second-order valence-electron chi connectivity index (χ2n) is 3.91. The molecule has 1 aliphatic rings. The molecule has 1 fully saturated rings. The van der Waals surface area contributed by atoms with Crippen molar-refractivity contribution < 1.29 is 23.8 Å². The fourth-order valence-corrected chi connectivity index (χ4v) is 2.22. The second kappa shape index (κ2) is 4.29. The molecule has 0 aliphatic heterocycles. The lowest BCUT2D eigenvalue weighted by Crippen LogP contribution is -2.20.